The topological polar surface area (TPSA) is 18.6 Å². The highest BCUT2D eigenvalue weighted by molar-refractivity contribution is 6.14. The molecule has 0 atom stereocenters. The first kappa shape index (κ1) is 49.4. The third-order valence-corrected chi connectivity index (χ3v) is 15.7. The largest absolute Gasteiger partial charge is 0.415 e. The summed E-state index contributed by atoms with van der Waals surface area (Å²) in [5.74, 6) is 0. The minimum atomic E-state index is -4.80. The predicted octanol–water partition coefficient (Wildman–Crippen LogP) is 21.2. The van der Waals surface area contributed by atoms with Crippen LogP contribution in [0.15, 0.2) is 224 Å². The molecule has 2 heterocycles. The van der Waals surface area contributed by atoms with E-state index in [0.717, 1.165) is 105 Å². The molecule has 0 fully saturated rings. The maximum atomic E-state index is 15.6. The molecule has 7 heteroatoms. The summed E-state index contributed by atoms with van der Waals surface area (Å²) in [5, 5.41) is 4.02. The number of nitrogens with zero attached hydrogens (tertiary/aromatic N) is 4. The summed E-state index contributed by atoms with van der Waals surface area (Å²) < 4.78 is 51.0. The Morgan fingerprint density at radius 1 is 0.312 bits per heavy atom. The van der Waals surface area contributed by atoms with Gasteiger partial charge in [0.2, 0.25) is 0 Å². The third-order valence-electron chi connectivity index (χ3n) is 15.7. The second-order valence-electron chi connectivity index (χ2n) is 20.9. The SMILES string of the molecule is [C-]#[N+]c1ccc(-n2c3ccc(-c4ccc(C)cc4)cc3c3cc(-c4ccc(C)cc4)ccc32)c(-c2cc(-n3c4ccc(-c5ccc(C)cc5)cc4c4cc(-c5ccc(C)cc5)ccc43)ccc2-c2ccc([N+]#[C-])cc2C(F)(F)F)c1. The van der Waals surface area contributed by atoms with E-state index in [0.29, 0.717) is 33.8 Å². The molecule has 0 unspecified atom stereocenters. The first-order valence-electron chi connectivity index (χ1n) is 26.5. The Morgan fingerprint density at radius 2 is 0.662 bits per heavy atom. The summed E-state index contributed by atoms with van der Waals surface area (Å²) >= 11 is 0. The summed E-state index contributed by atoms with van der Waals surface area (Å²) in [4.78, 5) is 7.36. The highest BCUT2D eigenvalue weighted by Crippen LogP contribution is 2.48. The van der Waals surface area contributed by atoms with Gasteiger partial charge in [0.25, 0.3) is 0 Å². The zero-order chi connectivity index (χ0) is 55.0. The van der Waals surface area contributed by atoms with Crippen LogP contribution in [0.5, 0.6) is 0 Å². The van der Waals surface area contributed by atoms with Crippen LogP contribution in [0.3, 0.4) is 0 Å². The second kappa shape index (κ2) is 19.4. The van der Waals surface area contributed by atoms with Crippen molar-refractivity contribution in [3.8, 4) is 78.1 Å². The normalized spacial score (nSPS) is 11.7. The first-order valence-corrected chi connectivity index (χ1v) is 26.5. The number of benzene rings is 11. The van der Waals surface area contributed by atoms with E-state index in [-0.39, 0.29) is 11.3 Å². The van der Waals surface area contributed by atoms with Gasteiger partial charge in [-0.25, -0.2) is 9.69 Å². The molecule has 0 aliphatic carbocycles. The van der Waals surface area contributed by atoms with Gasteiger partial charge >= 0.3 is 6.18 Å². The molecule has 4 nitrogen and oxygen atoms in total. The average molecular weight is 1040 g/mol. The van der Waals surface area contributed by atoms with E-state index in [4.69, 9.17) is 13.1 Å². The first-order chi connectivity index (χ1) is 38.8. The van der Waals surface area contributed by atoms with Crippen LogP contribution < -0.4 is 0 Å². The minimum absolute atomic E-state index is 0.0778. The lowest BCUT2D eigenvalue weighted by molar-refractivity contribution is -0.137. The van der Waals surface area contributed by atoms with Gasteiger partial charge in [-0.05, 0) is 173 Å². The van der Waals surface area contributed by atoms with E-state index in [9.17, 15) is 0 Å². The lowest BCUT2D eigenvalue weighted by atomic mass is 9.89. The van der Waals surface area contributed by atoms with Gasteiger partial charge in [0, 0.05) is 27.2 Å². The number of fused-ring (bicyclic) bond motifs is 6. The van der Waals surface area contributed by atoms with E-state index in [2.05, 4.69) is 216 Å². The van der Waals surface area contributed by atoms with Crippen LogP contribution >= 0.6 is 0 Å². The van der Waals surface area contributed by atoms with E-state index >= 15 is 13.2 Å². The van der Waals surface area contributed by atoms with Gasteiger partial charge in [-0.3, -0.25) is 0 Å². The quantitative estimate of drug-likeness (QED) is 0.135. The molecule has 13 aromatic rings. The fourth-order valence-electron chi connectivity index (χ4n) is 11.5. The Balaban J connectivity index is 1.11. The Bertz CT molecular complexity index is 4510. The number of aromatic nitrogens is 2. The molecule has 0 radical (unpaired) electrons. The molecule has 2 aromatic heterocycles. The van der Waals surface area contributed by atoms with E-state index in [1.165, 1.54) is 23.3 Å². The van der Waals surface area contributed by atoms with Gasteiger partial charge in [0.1, 0.15) is 0 Å². The third kappa shape index (κ3) is 8.67. The average Bonchev–Trinajstić information content (AvgIpc) is 4.19. The molecule has 0 bridgehead atoms. The number of rotatable bonds is 8. The Kier molecular flexibility index (Phi) is 11.9. The van der Waals surface area contributed by atoms with Crippen LogP contribution in [-0.2, 0) is 6.18 Å². The molecular formula is C73H49F3N4. The molecule has 0 spiro atoms. The summed E-state index contributed by atoms with van der Waals surface area (Å²) in [6, 6.07) is 74.8. The molecule has 0 amide bonds. The number of halogens is 3. The number of hydrogen-bond donors (Lipinski definition) is 0. The monoisotopic (exact) mass is 1040 g/mol. The smallest absolute Gasteiger partial charge is 0.309 e. The lowest BCUT2D eigenvalue weighted by Gasteiger charge is -2.21. The fourth-order valence-corrected chi connectivity index (χ4v) is 11.5. The number of hydrogen-bond acceptors (Lipinski definition) is 0. The van der Waals surface area contributed by atoms with Crippen molar-refractivity contribution >= 4 is 55.0 Å². The van der Waals surface area contributed by atoms with Crippen LogP contribution in [0.2, 0.25) is 0 Å². The van der Waals surface area contributed by atoms with Crippen molar-refractivity contribution in [2.24, 2.45) is 0 Å². The Hall–Kier alpha value is -10.2. The van der Waals surface area contributed by atoms with Crippen molar-refractivity contribution in [3.05, 3.63) is 275 Å². The summed E-state index contributed by atoms with van der Waals surface area (Å²) in [7, 11) is 0. The van der Waals surface area contributed by atoms with Crippen LogP contribution in [0.4, 0.5) is 24.5 Å². The molecule has 13 rings (SSSR count). The fraction of sp³-hybridized carbons (Fsp3) is 0.0685. The maximum absolute atomic E-state index is 15.6. The summed E-state index contributed by atoms with van der Waals surface area (Å²) in [6.07, 6.45) is -4.80. The van der Waals surface area contributed by atoms with Crippen LogP contribution in [0.1, 0.15) is 27.8 Å². The molecule has 0 aliphatic rings. The van der Waals surface area contributed by atoms with Crippen LogP contribution in [0, 0.1) is 40.8 Å². The molecule has 11 aromatic carbocycles. The molecule has 0 aliphatic heterocycles. The van der Waals surface area contributed by atoms with E-state index < -0.39 is 11.7 Å². The van der Waals surface area contributed by atoms with Crippen molar-refractivity contribution < 1.29 is 13.2 Å². The molecule has 382 valence electrons. The highest BCUT2D eigenvalue weighted by atomic mass is 19.4. The van der Waals surface area contributed by atoms with E-state index in [1.807, 2.05) is 18.2 Å². The number of aryl methyl sites for hydroxylation is 4. The number of alkyl halides is 3. The van der Waals surface area contributed by atoms with Gasteiger partial charge in [0.15, 0.2) is 11.4 Å². The van der Waals surface area contributed by atoms with Crippen LogP contribution in [-0.4, -0.2) is 9.13 Å². The van der Waals surface area contributed by atoms with Crippen LogP contribution in [0.25, 0.3) is 131 Å². The maximum Gasteiger partial charge on any atom is 0.415 e. The Morgan fingerprint density at radius 3 is 1.05 bits per heavy atom. The zero-order valence-electron chi connectivity index (χ0n) is 44.3. The van der Waals surface area contributed by atoms with Gasteiger partial charge in [0.05, 0.1) is 46.5 Å². The molecule has 0 N–H and O–H groups in total. The van der Waals surface area contributed by atoms with Gasteiger partial charge in [-0.15, -0.1) is 0 Å². The second-order valence-corrected chi connectivity index (χ2v) is 20.9. The van der Waals surface area contributed by atoms with Crippen molar-refractivity contribution in [1.29, 1.82) is 0 Å². The highest BCUT2D eigenvalue weighted by Gasteiger charge is 2.35. The molecular weight excluding hydrogens is 990 g/mol. The summed E-state index contributed by atoms with van der Waals surface area (Å²) in [6.45, 7) is 24.4. The van der Waals surface area contributed by atoms with Gasteiger partial charge < -0.3 is 9.13 Å². The summed E-state index contributed by atoms with van der Waals surface area (Å²) in [5.41, 5.74) is 18.7. The molecule has 80 heavy (non-hydrogen) atoms. The van der Waals surface area contributed by atoms with E-state index in [1.54, 1.807) is 18.2 Å². The molecule has 0 saturated heterocycles. The lowest BCUT2D eigenvalue weighted by Crippen LogP contribution is -2.08. The van der Waals surface area contributed by atoms with Crippen molar-refractivity contribution in [2.45, 2.75) is 33.9 Å². The zero-order valence-corrected chi connectivity index (χ0v) is 44.3. The minimum Gasteiger partial charge on any atom is -0.309 e. The van der Waals surface area contributed by atoms with Gasteiger partial charge in [-0.1, -0.05) is 168 Å². The predicted molar refractivity (Wildman–Crippen MR) is 324 cm³/mol. The standard InChI is InChI=1S/C73H49F3N4/c1-44-7-15-48(16-8-44)52-23-32-68-62(37-52)63-38-53(49-17-9-45(2)10-18-49)24-33-69(63)79(68)58-29-31-59(60-30-27-57(78-6)42-67(60)73(74,75)76)61(43-58)66-41-56(77-5)28-36-72(66)80-70-34-25-54(50-19-11-46(3)12-20-50)39-64(70)65-40-55(26-35-71(65)80)51-21-13-47(4)14-22-51/h7-43H,1-4H3. The van der Waals surface area contributed by atoms with Crippen molar-refractivity contribution in [2.75, 3.05) is 0 Å². The van der Waals surface area contributed by atoms with Gasteiger partial charge in [-0.2, -0.15) is 13.2 Å². The molecule has 0 saturated carbocycles. The van der Waals surface area contributed by atoms with Crippen molar-refractivity contribution in [1.82, 2.24) is 9.13 Å². The van der Waals surface area contributed by atoms with Crippen molar-refractivity contribution in [3.63, 3.8) is 0 Å². The Labute approximate surface area is 462 Å².